The summed E-state index contributed by atoms with van der Waals surface area (Å²) in [4.78, 5) is 24.1. The summed E-state index contributed by atoms with van der Waals surface area (Å²) in [6.07, 6.45) is 1.82. The number of hydrogen-bond acceptors (Lipinski definition) is 7. The van der Waals surface area contributed by atoms with Gasteiger partial charge in [-0.05, 0) is 37.5 Å². The zero-order valence-corrected chi connectivity index (χ0v) is 19.7. The molecule has 3 rings (SSSR count). The maximum Gasteiger partial charge on any atom is 0.289 e. The van der Waals surface area contributed by atoms with Crippen LogP contribution in [0.25, 0.3) is 11.4 Å². The van der Waals surface area contributed by atoms with Gasteiger partial charge in [0.1, 0.15) is 5.02 Å². The molecular formula is C20H22ClN5O3S2. The standard InChI is InChI=1S/C20H22ClN5O3S2/c1-4-8-25-19(15-10-30-12(3)14(15)5-2)23-24-20(25)31-11-18(27)22-13-6-7-16(21)17(9-13)26(28)29/h6-7,9-10H,4-5,8,11H2,1-3H3,(H,22,27). The smallest absolute Gasteiger partial charge is 0.289 e. The van der Waals surface area contributed by atoms with Crippen molar-refractivity contribution in [3.05, 3.63) is 49.2 Å². The van der Waals surface area contributed by atoms with E-state index in [0.29, 0.717) is 10.8 Å². The van der Waals surface area contributed by atoms with Crippen molar-refractivity contribution in [3.63, 3.8) is 0 Å². The van der Waals surface area contributed by atoms with E-state index in [1.165, 1.54) is 40.4 Å². The predicted molar refractivity (Wildman–Crippen MR) is 125 cm³/mol. The second kappa shape index (κ2) is 10.3. The van der Waals surface area contributed by atoms with Gasteiger partial charge < -0.3 is 9.88 Å². The lowest BCUT2D eigenvalue weighted by atomic mass is 10.1. The number of aromatic nitrogens is 3. The van der Waals surface area contributed by atoms with Gasteiger partial charge in [-0.25, -0.2) is 0 Å². The van der Waals surface area contributed by atoms with E-state index < -0.39 is 4.92 Å². The van der Waals surface area contributed by atoms with Crippen LogP contribution < -0.4 is 5.32 Å². The van der Waals surface area contributed by atoms with Gasteiger partial charge in [0.25, 0.3) is 5.69 Å². The highest BCUT2D eigenvalue weighted by Crippen LogP contribution is 2.33. The predicted octanol–water partition coefficient (Wildman–Crippen LogP) is 5.58. The molecule has 3 aromatic rings. The van der Waals surface area contributed by atoms with Crippen LogP contribution in [0.3, 0.4) is 0 Å². The van der Waals surface area contributed by atoms with E-state index in [4.69, 9.17) is 11.6 Å². The number of rotatable bonds is 9. The van der Waals surface area contributed by atoms with Gasteiger partial charge in [0, 0.05) is 34.1 Å². The summed E-state index contributed by atoms with van der Waals surface area (Å²) in [6, 6.07) is 4.16. The lowest BCUT2D eigenvalue weighted by molar-refractivity contribution is -0.384. The van der Waals surface area contributed by atoms with Crippen molar-refractivity contribution in [2.24, 2.45) is 0 Å². The molecule has 164 valence electrons. The zero-order chi connectivity index (χ0) is 22.5. The van der Waals surface area contributed by atoms with Gasteiger partial charge in [-0.3, -0.25) is 14.9 Å². The van der Waals surface area contributed by atoms with Crippen LogP contribution in [0, 0.1) is 17.0 Å². The number of nitro benzene ring substituents is 1. The first kappa shape index (κ1) is 23.2. The van der Waals surface area contributed by atoms with Gasteiger partial charge in [-0.2, -0.15) is 0 Å². The Hall–Kier alpha value is -2.43. The number of thiophene rings is 1. The van der Waals surface area contributed by atoms with Gasteiger partial charge in [0.15, 0.2) is 11.0 Å². The fourth-order valence-corrected chi connectivity index (χ4v) is 5.07. The number of nitrogens with one attached hydrogen (secondary N) is 1. The molecule has 1 amide bonds. The highest BCUT2D eigenvalue weighted by molar-refractivity contribution is 7.99. The molecule has 11 heteroatoms. The summed E-state index contributed by atoms with van der Waals surface area (Å²) >= 11 is 8.80. The van der Waals surface area contributed by atoms with E-state index in [1.807, 2.05) is 4.57 Å². The number of benzene rings is 1. The topological polar surface area (TPSA) is 103 Å². The van der Waals surface area contributed by atoms with Crippen LogP contribution in [0.2, 0.25) is 5.02 Å². The third kappa shape index (κ3) is 5.25. The molecule has 0 fully saturated rings. The Morgan fingerprint density at radius 2 is 2.13 bits per heavy atom. The Balaban J connectivity index is 1.74. The second-order valence-corrected chi connectivity index (χ2v) is 9.19. The lowest BCUT2D eigenvalue weighted by Crippen LogP contribution is -2.15. The average Bonchev–Trinajstić information content (AvgIpc) is 3.30. The Bertz CT molecular complexity index is 1110. The van der Waals surface area contributed by atoms with Crippen LogP contribution in [-0.2, 0) is 17.8 Å². The fraction of sp³-hybridized carbons (Fsp3) is 0.350. The number of carbonyl (C=O) groups is 1. The molecule has 0 spiro atoms. The van der Waals surface area contributed by atoms with Gasteiger partial charge >= 0.3 is 0 Å². The molecule has 0 saturated carbocycles. The molecule has 8 nitrogen and oxygen atoms in total. The number of nitro groups is 1. The minimum absolute atomic E-state index is 0.0210. The molecule has 0 bridgehead atoms. The number of hydrogen-bond donors (Lipinski definition) is 1. The molecule has 1 N–H and O–H groups in total. The average molecular weight is 480 g/mol. The molecule has 2 aromatic heterocycles. The van der Waals surface area contributed by atoms with Gasteiger partial charge in [-0.1, -0.05) is 37.2 Å². The summed E-state index contributed by atoms with van der Waals surface area (Å²) in [5, 5.41) is 25.2. The van der Waals surface area contributed by atoms with Crippen molar-refractivity contribution in [1.29, 1.82) is 0 Å². The molecule has 0 aliphatic heterocycles. The quantitative estimate of drug-likeness (QED) is 0.244. The number of carbonyl (C=O) groups excluding carboxylic acids is 1. The Kier molecular flexibility index (Phi) is 7.69. The molecular weight excluding hydrogens is 458 g/mol. The fourth-order valence-electron chi connectivity index (χ4n) is 3.18. The molecule has 1 aromatic carbocycles. The number of amides is 1. The molecule has 2 heterocycles. The van der Waals surface area contributed by atoms with Gasteiger partial charge in [-0.15, -0.1) is 21.5 Å². The van der Waals surface area contributed by atoms with E-state index in [2.05, 4.69) is 41.7 Å². The van der Waals surface area contributed by atoms with Crippen LogP contribution in [0.15, 0.2) is 28.7 Å². The highest BCUT2D eigenvalue weighted by atomic mass is 35.5. The third-order valence-electron chi connectivity index (χ3n) is 4.62. The highest BCUT2D eigenvalue weighted by Gasteiger charge is 2.19. The van der Waals surface area contributed by atoms with Gasteiger partial charge in [0.2, 0.25) is 5.91 Å². The van der Waals surface area contributed by atoms with Crippen LogP contribution in [0.1, 0.15) is 30.7 Å². The molecule has 0 saturated heterocycles. The van der Waals surface area contributed by atoms with E-state index in [-0.39, 0.29) is 22.4 Å². The second-order valence-electron chi connectivity index (χ2n) is 6.76. The Morgan fingerprint density at radius 1 is 1.35 bits per heavy atom. The normalized spacial score (nSPS) is 11.0. The monoisotopic (exact) mass is 479 g/mol. The van der Waals surface area contributed by atoms with Crippen LogP contribution >= 0.6 is 34.7 Å². The molecule has 0 atom stereocenters. The summed E-state index contributed by atoms with van der Waals surface area (Å²) in [5.41, 5.74) is 2.43. The number of nitrogens with zero attached hydrogens (tertiary/aromatic N) is 4. The summed E-state index contributed by atoms with van der Waals surface area (Å²) in [7, 11) is 0. The summed E-state index contributed by atoms with van der Waals surface area (Å²) in [5.74, 6) is 0.621. The SMILES string of the molecule is CCCn1c(SCC(=O)Nc2ccc(Cl)c([N+](=O)[O-])c2)nnc1-c1csc(C)c1CC. The van der Waals surface area contributed by atoms with E-state index >= 15 is 0 Å². The first-order valence-corrected chi connectivity index (χ1v) is 12.0. The van der Waals surface area contributed by atoms with Crippen molar-refractivity contribution in [3.8, 4) is 11.4 Å². The maximum atomic E-state index is 12.4. The largest absolute Gasteiger partial charge is 0.325 e. The molecule has 0 unspecified atom stereocenters. The van der Waals surface area contributed by atoms with Crippen molar-refractivity contribution in [2.45, 2.75) is 45.3 Å². The number of anilines is 1. The molecule has 0 aliphatic carbocycles. The minimum atomic E-state index is -0.585. The van der Waals surface area contributed by atoms with Crippen molar-refractivity contribution >= 4 is 52.0 Å². The van der Waals surface area contributed by atoms with Crippen molar-refractivity contribution in [2.75, 3.05) is 11.1 Å². The first-order chi connectivity index (χ1) is 14.8. The molecule has 0 radical (unpaired) electrons. The first-order valence-electron chi connectivity index (χ1n) is 9.72. The lowest BCUT2D eigenvalue weighted by Gasteiger charge is -2.10. The summed E-state index contributed by atoms with van der Waals surface area (Å²) < 4.78 is 2.05. The van der Waals surface area contributed by atoms with E-state index in [0.717, 1.165) is 30.8 Å². The molecule has 0 aliphatic rings. The Morgan fingerprint density at radius 3 is 2.81 bits per heavy atom. The van der Waals surface area contributed by atoms with Crippen LogP contribution in [0.4, 0.5) is 11.4 Å². The Labute approximate surface area is 193 Å². The minimum Gasteiger partial charge on any atom is -0.325 e. The van der Waals surface area contributed by atoms with Crippen molar-refractivity contribution in [1.82, 2.24) is 14.8 Å². The van der Waals surface area contributed by atoms with Crippen LogP contribution in [0.5, 0.6) is 0 Å². The molecule has 31 heavy (non-hydrogen) atoms. The van der Waals surface area contributed by atoms with E-state index in [9.17, 15) is 14.9 Å². The zero-order valence-electron chi connectivity index (χ0n) is 17.3. The summed E-state index contributed by atoms with van der Waals surface area (Å²) in [6.45, 7) is 7.06. The van der Waals surface area contributed by atoms with Crippen molar-refractivity contribution < 1.29 is 9.72 Å². The number of aryl methyl sites for hydroxylation is 1. The third-order valence-corrected chi connectivity index (χ3v) is 6.86. The van der Waals surface area contributed by atoms with E-state index in [1.54, 1.807) is 11.3 Å². The van der Waals surface area contributed by atoms with Crippen LogP contribution in [-0.4, -0.2) is 31.3 Å². The van der Waals surface area contributed by atoms with Gasteiger partial charge in [0.05, 0.1) is 10.7 Å². The number of thioether (sulfide) groups is 1. The number of halogens is 1. The maximum absolute atomic E-state index is 12.4.